The van der Waals surface area contributed by atoms with Crippen LogP contribution in [0.2, 0.25) is 0 Å². The molecule has 8 heteroatoms. The van der Waals surface area contributed by atoms with Gasteiger partial charge in [-0.2, -0.15) is 4.98 Å². The number of benzene rings is 1. The number of aliphatic imine (C=N–C) groups is 1. The van der Waals surface area contributed by atoms with Gasteiger partial charge in [0.1, 0.15) is 17.8 Å². The predicted molar refractivity (Wildman–Crippen MR) is 113 cm³/mol. The number of rotatable bonds is 4. The van der Waals surface area contributed by atoms with Crippen LogP contribution in [0.4, 0.5) is 10.7 Å². The number of alkyl carbamates (subject to hydrolysis) is 1. The first-order valence-electron chi connectivity index (χ1n) is 9.48. The van der Waals surface area contributed by atoms with Crippen molar-refractivity contribution >= 4 is 17.9 Å². The molecule has 0 spiro atoms. The zero-order chi connectivity index (χ0) is 21.0. The van der Waals surface area contributed by atoms with Crippen molar-refractivity contribution in [1.29, 1.82) is 0 Å². The first-order valence-corrected chi connectivity index (χ1v) is 9.48. The third kappa shape index (κ3) is 5.84. The number of ether oxygens (including phenoxy) is 1. The van der Waals surface area contributed by atoms with E-state index in [0.29, 0.717) is 18.3 Å². The van der Waals surface area contributed by atoms with Crippen molar-refractivity contribution in [2.45, 2.75) is 52.8 Å². The molecule has 1 aromatic carbocycles. The fraction of sp³-hybridized carbons (Fsp3) is 0.381. The molecule has 0 fully saturated rings. The standard InChI is InChI=1S/C21H26N6O2/c1-13-10-15(7-8-16(13)11-22-20(28)29-21(3,4)5)18-23-12-24-19(27-18)26-17-9-6-14(2)25-17/h6-10,12,14H,11H2,1-5H3,(H,22,28)(H,23,24,25,26,27). The van der Waals surface area contributed by atoms with Crippen molar-refractivity contribution in [1.82, 2.24) is 20.3 Å². The van der Waals surface area contributed by atoms with Gasteiger partial charge in [0.2, 0.25) is 5.95 Å². The summed E-state index contributed by atoms with van der Waals surface area (Å²) in [6, 6.07) is 6.01. The summed E-state index contributed by atoms with van der Waals surface area (Å²) in [5, 5.41) is 5.87. The van der Waals surface area contributed by atoms with Gasteiger partial charge in [-0.25, -0.2) is 14.8 Å². The number of nitrogens with one attached hydrogen (secondary N) is 2. The van der Waals surface area contributed by atoms with Crippen LogP contribution in [-0.2, 0) is 11.3 Å². The van der Waals surface area contributed by atoms with Crippen LogP contribution in [0.3, 0.4) is 0 Å². The van der Waals surface area contributed by atoms with Gasteiger partial charge >= 0.3 is 6.09 Å². The second-order valence-corrected chi connectivity index (χ2v) is 7.87. The van der Waals surface area contributed by atoms with Crippen molar-refractivity contribution in [3.8, 4) is 11.4 Å². The lowest BCUT2D eigenvalue weighted by Crippen LogP contribution is -2.32. The third-order valence-electron chi connectivity index (χ3n) is 4.11. The minimum Gasteiger partial charge on any atom is -0.444 e. The molecule has 29 heavy (non-hydrogen) atoms. The normalized spacial score (nSPS) is 15.8. The molecule has 1 amide bonds. The van der Waals surface area contributed by atoms with E-state index in [-0.39, 0.29) is 6.04 Å². The van der Waals surface area contributed by atoms with Gasteiger partial charge < -0.3 is 15.4 Å². The topological polar surface area (TPSA) is 101 Å². The number of amidine groups is 1. The Balaban J connectivity index is 1.68. The van der Waals surface area contributed by atoms with Crippen molar-refractivity contribution in [2.75, 3.05) is 5.32 Å². The molecule has 2 N–H and O–H groups in total. The molecular formula is C21H26N6O2. The van der Waals surface area contributed by atoms with E-state index in [4.69, 9.17) is 4.74 Å². The van der Waals surface area contributed by atoms with Gasteiger partial charge in [-0.1, -0.05) is 18.2 Å². The first kappa shape index (κ1) is 20.4. The highest BCUT2D eigenvalue weighted by Crippen LogP contribution is 2.20. The molecule has 1 atom stereocenters. The molecule has 1 aliphatic heterocycles. The molecule has 3 rings (SSSR count). The summed E-state index contributed by atoms with van der Waals surface area (Å²) >= 11 is 0. The number of hydrogen-bond donors (Lipinski definition) is 2. The second kappa shape index (κ2) is 8.38. The molecule has 8 nitrogen and oxygen atoms in total. The number of hydrogen-bond acceptors (Lipinski definition) is 7. The van der Waals surface area contributed by atoms with E-state index < -0.39 is 11.7 Å². The lowest BCUT2D eigenvalue weighted by Gasteiger charge is -2.20. The van der Waals surface area contributed by atoms with Gasteiger partial charge in [0.15, 0.2) is 5.82 Å². The molecule has 1 unspecified atom stereocenters. The molecule has 1 aromatic heterocycles. The quantitative estimate of drug-likeness (QED) is 0.821. The van der Waals surface area contributed by atoms with E-state index in [1.165, 1.54) is 6.33 Å². The molecule has 0 saturated carbocycles. The predicted octanol–water partition coefficient (Wildman–Crippen LogP) is 3.64. The fourth-order valence-corrected chi connectivity index (χ4v) is 2.73. The fourth-order valence-electron chi connectivity index (χ4n) is 2.73. The largest absolute Gasteiger partial charge is 0.444 e. The molecule has 0 aliphatic carbocycles. The molecule has 152 valence electrons. The zero-order valence-electron chi connectivity index (χ0n) is 17.4. The summed E-state index contributed by atoms with van der Waals surface area (Å²) in [5.41, 5.74) is 2.36. The molecule has 0 saturated heterocycles. The average Bonchev–Trinajstić information content (AvgIpc) is 3.04. The number of aromatic nitrogens is 3. The van der Waals surface area contributed by atoms with Gasteiger partial charge in [-0.05, 0) is 57.9 Å². The van der Waals surface area contributed by atoms with E-state index in [2.05, 4.69) is 30.6 Å². The van der Waals surface area contributed by atoms with Crippen LogP contribution in [0.15, 0.2) is 41.7 Å². The van der Waals surface area contributed by atoms with Gasteiger partial charge in [-0.15, -0.1) is 0 Å². The van der Waals surface area contributed by atoms with Crippen molar-refractivity contribution in [3.05, 3.63) is 47.8 Å². The Kier molecular flexibility index (Phi) is 5.91. The first-order chi connectivity index (χ1) is 13.7. The van der Waals surface area contributed by atoms with Gasteiger partial charge in [0.25, 0.3) is 0 Å². The van der Waals surface area contributed by atoms with Crippen LogP contribution in [-0.4, -0.2) is 38.5 Å². The van der Waals surface area contributed by atoms with E-state index in [1.54, 1.807) is 0 Å². The summed E-state index contributed by atoms with van der Waals surface area (Å²) in [6.45, 7) is 9.87. The Hall–Kier alpha value is -3.29. The third-order valence-corrected chi connectivity index (χ3v) is 4.11. The Morgan fingerprint density at radius 3 is 2.69 bits per heavy atom. The Morgan fingerprint density at radius 2 is 2.03 bits per heavy atom. The summed E-state index contributed by atoms with van der Waals surface area (Å²) in [7, 11) is 0. The van der Waals surface area contributed by atoms with Crippen LogP contribution in [0.5, 0.6) is 0 Å². The van der Waals surface area contributed by atoms with E-state index >= 15 is 0 Å². The summed E-state index contributed by atoms with van der Waals surface area (Å²) in [6.07, 6.45) is 4.94. The van der Waals surface area contributed by atoms with Crippen LogP contribution < -0.4 is 10.6 Å². The van der Waals surface area contributed by atoms with Crippen molar-refractivity contribution in [3.63, 3.8) is 0 Å². The van der Waals surface area contributed by atoms with E-state index in [9.17, 15) is 4.79 Å². The zero-order valence-corrected chi connectivity index (χ0v) is 17.4. The molecular weight excluding hydrogens is 368 g/mol. The van der Waals surface area contributed by atoms with Gasteiger partial charge in [-0.3, -0.25) is 4.99 Å². The number of carbonyl (C=O) groups excluding carboxylic acids is 1. The van der Waals surface area contributed by atoms with Crippen molar-refractivity contribution < 1.29 is 9.53 Å². The smallest absolute Gasteiger partial charge is 0.407 e. The van der Waals surface area contributed by atoms with Crippen LogP contribution >= 0.6 is 0 Å². The molecule has 0 bridgehead atoms. The summed E-state index contributed by atoms with van der Waals surface area (Å²) < 4.78 is 5.27. The Labute approximate surface area is 170 Å². The minimum absolute atomic E-state index is 0.156. The number of anilines is 1. The van der Waals surface area contributed by atoms with Gasteiger partial charge in [0.05, 0.1) is 6.04 Å². The average molecular weight is 394 g/mol. The highest BCUT2D eigenvalue weighted by Gasteiger charge is 2.16. The monoisotopic (exact) mass is 394 g/mol. The molecule has 2 aromatic rings. The van der Waals surface area contributed by atoms with Crippen molar-refractivity contribution in [2.24, 2.45) is 4.99 Å². The lowest BCUT2D eigenvalue weighted by molar-refractivity contribution is 0.0523. The highest BCUT2D eigenvalue weighted by atomic mass is 16.6. The lowest BCUT2D eigenvalue weighted by atomic mass is 10.0. The molecule has 0 radical (unpaired) electrons. The van der Waals surface area contributed by atoms with Crippen LogP contribution in [0.1, 0.15) is 38.8 Å². The maximum absolute atomic E-state index is 11.8. The number of nitrogens with zero attached hydrogens (tertiary/aromatic N) is 4. The highest BCUT2D eigenvalue weighted by molar-refractivity contribution is 6.04. The SMILES string of the molecule is Cc1cc(-c2ncnc(NC3=NC(C)C=C3)n2)ccc1CNC(=O)OC(C)(C)C. The number of amides is 1. The van der Waals surface area contributed by atoms with Crippen LogP contribution in [0.25, 0.3) is 11.4 Å². The second-order valence-electron chi connectivity index (χ2n) is 7.87. The maximum atomic E-state index is 11.8. The summed E-state index contributed by atoms with van der Waals surface area (Å²) in [5.74, 6) is 1.74. The number of aryl methyl sites for hydroxylation is 1. The Morgan fingerprint density at radius 1 is 1.24 bits per heavy atom. The summed E-state index contributed by atoms with van der Waals surface area (Å²) in [4.78, 5) is 29.2. The minimum atomic E-state index is -0.523. The molecule has 1 aliphatic rings. The Bertz CT molecular complexity index is 962. The van der Waals surface area contributed by atoms with Crippen LogP contribution in [0, 0.1) is 6.92 Å². The number of carbonyl (C=O) groups is 1. The van der Waals surface area contributed by atoms with E-state index in [0.717, 1.165) is 22.5 Å². The van der Waals surface area contributed by atoms with E-state index in [1.807, 2.05) is 65.0 Å². The van der Waals surface area contributed by atoms with Gasteiger partial charge in [0, 0.05) is 12.1 Å². The molecule has 2 heterocycles. The maximum Gasteiger partial charge on any atom is 0.407 e.